The highest BCUT2D eigenvalue weighted by Gasteiger charge is 2.18. The molecule has 29 heavy (non-hydrogen) atoms. The Labute approximate surface area is 170 Å². The molecule has 0 aliphatic carbocycles. The van der Waals surface area contributed by atoms with Gasteiger partial charge in [-0.1, -0.05) is 18.2 Å². The van der Waals surface area contributed by atoms with E-state index >= 15 is 0 Å². The molecule has 5 nitrogen and oxygen atoms in total. The van der Waals surface area contributed by atoms with Gasteiger partial charge < -0.3 is 14.6 Å². The van der Waals surface area contributed by atoms with Crippen molar-refractivity contribution in [3.8, 4) is 0 Å². The standard InChI is InChI=1S/C22H17FN2O3S/c1-28-22(27)15-5-3-7-17(11-15)24-21(26)19-12-20-18(8-9-29-20)25(19)13-14-4-2-6-16(23)10-14/h2-12H,13H2,1H3,(H,24,26). The fourth-order valence-electron chi connectivity index (χ4n) is 3.19. The number of carbonyl (C=O) groups excluding carboxylic acids is 2. The van der Waals surface area contributed by atoms with Gasteiger partial charge >= 0.3 is 5.97 Å². The summed E-state index contributed by atoms with van der Waals surface area (Å²) in [4.78, 5) is 24.7. The number of hydrogen-bond donors (Lipinski definition) is 1. The van der Waals surface area contributed by atoms with Crippen LogP contribution in [0.1, 0.15) is 26.4 Å². The van der Waals surface area contributed by atoms with E-state index in [1.54, 1.807) is 30.3 Å². The van der Waals surface area contributed by atoms with Crippen LogP contribution in [-0.4, -0.2) is 23.6 Å². The number of ether oxygens (including phenoxy) is 1. The lowest BCUT2D eigenvalue weighted by Gasteiger charge is -2.12. The topological polar surface area (TPSA) is 60.3 Å². The summed E-state index contributed by atoms with van der Waals surface area (Å²) in [5, 5.41) is 4.78. The first-order valence-corrected chi connectivity index (χ1v) is 9.74. The zero-order chi connectivity index (χ0) is 20.4. The number of thiophene rings is 1. The van der Waals surface area contributed by atoms with Gasteiger partial charge in [0.1, 0.15) is 11.5 Å². The Bertz CT molecular complexity index is 1210. The van der Waals surface area contributed by atoms with Gasteiger partial charge in [0.05, 0.1) is 22.9 Å². The molecule has 2 heterocycles. The van der Waals surface area contributed by atoms with Crippen molar-refractivity contribution in [1.29, 1.82) is 0 Å². The van der Waals surface area contributed by atoms with Gasteiger partial charge in [0.15, 0.2) is 0 Å². The van der Waals surface area contributed by atoms with Gasteiger partial charge in [0, 0.05) is 12.2 Å². The van der Waals surface area contributed by atoms with Crippen molar-refractivity contribution in [3.05, 3.63) is 88.7 Å². The summed E-state index contributed by atoms with van der Waals surface area (Å²) in [6.45, 7) is 0.364. The predicted octanol–water partition coefficient (Wildman–Crippen LogP) is 4.93. The number of nitrogens with zero attached hydrogens (tertiary/aromatic N) is 1. The highest BCUT2D eigenvalue weighted by molar-refractivity contribution is 7.17. The van der Waals surface area contributed by atoms with Crippen molar-refractivity contribution in [1.82, 2.24) is 4.57 Å². The van der Waals surface area contributed by atoms with E-state index in [1.165, 1.54) is 30.6 Å². The number of amides is 1. The van der Waals surface area contributed by atoms with Crippen LogP contribution < -0.4 is 5.32 Å². The molecule has 0 saturated heterocycles. The van der Waals surface area contributed by atoms with Crippen LogP contribution in [0.25, 0.3) is 10.2 Å². The van der Waals surface area contributed by atoms with Gasteiger partial charge in [0.2, 0.25) is 0 Å². The third kappa shape index (κ3) is 3.90. The molecule has 0 radical (unpaired) electrons. The maximum absolute atomic E-state index is 13.6. The minimum Gasteiger partial charge on any atom is -0.465 e. The molecule has 0 unspecified atom stereocenters. The number of halogens is 1. The number of benzene rings is 2. The Balaban J connectivity index is 1.66. The lowest BCUT2D eigenvalue weighted by atomic mass is 10.2. The first-order chi connectivity index (χ1) is 14.0. The monoisotopic (exact) mass is 408 g/mol. The lowest BCUT2D eigenvalue weighted by molar-refractivity contribution is 0.0600. The summed E-state index contributed by atoms with van der Waals surface area (Å²) in [5.41, 5.74) is 2.96. The van der Waals surface area contributed by atoms with Gasteiger partial charge in [-0.05, 0) is 53.4 Å². The SMILES string of the molecule is COC(=O)c1cccc(NC(=O)c2cc3sccc3n2Cc2cccc(F)c2)c1. The molecule has 2 aromatic carbocycles. The second-order valence-corrected chi connectivity index (χ2v) is 7.39. The van der Waals surface area contributed by atoms with Crippen LogP contribution in [0.5, 0.6) is 0 Å². The summed E-state index contributed by atoms with van der Waals surface area (Å²) < 4.78 is 21.2. The third-order valence-corrected chi connectivity index (χ3v) is 5.38. The van der Waals surface area contributed by atoms with Crippen LogP contribution >= 0.6 is 11.3 Å². The lowest BCUT2D eigenvalue weighted by Crippen LogP contribution is -2.18. The maximum Gasteiger partial charge on any atom is 0.337 e. The van der Waals surface area contributed by atoms with E-state index in [-0.39, 0.29) is 11.7 Å². The molecule has 1 amide bonds. The van der Waals surface area contributed by atoms with Crippen molar-refractivity contribution in [2.24, 2.45) is 0 Å². The molecule has 0 fully saturated rings. The molecule has 0 spiro atoms. The molecule has 1 N–H and O–H groups in total. The molecule has 4 rings (SSSR count). The first kappa shape index (κ1) is 18.9. The maximum atomic E-state index is 13.6. The highest BCUT2D eigenvalue weighted by Crippen LogP contribution is 2.27. The van der Waals surface area contributed by atoms with Crippen molar-refractivity contribution >= 4 is 39.1 Å². The van der Waals surface area contributed by atoms with Gasteiger partial charge in [-0.25, -0.2) is 9.18 Å². The zero-order valence-corrected chi connectivity index (χ0v) is 16.3. The first-order valence-electron chi connectivity index (χ1n) is 8.86. The molecule has 0 aliphatic rings. The summed E-state index contributed by atoms with van der Waals surface area (Å²) >= 11 is 1.53. The molecule has 0 atom stereocenters. The van der Waals surface area contributed by atoms with E-state index in [2.05, 4.69) is 5.32 Å². The van der Waals surface area contributed by atoms with E-state index in [9.17, 15) is 14.0 Å². The normalized spacial score (nSPS) is 10.8. The van der Waals surface area contributed by atoms with Crippen LogP contribution in [0, 0.1) is 5.82 Å². The fourth-order valence-corrected chi connectivity index (χ4v) is 4.01. The number of fused-ring (bicyclic) bond motifs is 1. The van der Waals surface area contributed by atoms with E-state index in [1.807, 2.05) is 28.1 Å². The van der Waals surface area contributed by atoms with Crippen LogP contribution in [0.3, 0.4) is 0 Å². The summed E-state index contributed by atoms with van der Waals surface area (Å²) in [6.07, 6.45) is 0. The number of nitrogens with one attached hydrogen (secondary N) is 1. The van der Waals surface area contributed by atoms with E-state index < -0.39 is 5.97 Å². The summed E-state index contributed by atoms with van der Waals surface area (Å²) in [5.74, 6) is -1.11. The van der Waals surface area contributed by atoms with Crippen LogP contribution in [-0.2, 0) is 11.3 Å². The number of carbonyl (C=O) groups is 2. The Morgan fingerprint density at radius 3 is 2.72 bits per heavy atom. The van der Waals surface area contributed by atoms with Crippen molar-refractivity contribution in [2.45, 2.75) is 6.54 Å². The second-order valence-electron chi connectivity index (χ2n) is 6.44. The van der Waals surface area contributed by atoms with E-state index in [0.717, 1.165) is 15.8 Å². The predicted molar refractivity (Wildman–Crippen MR) is 111 cm³/mol. The average molecular weight is 408 g/mol. The van der Waals surface area contributed by atoms with Crippen molar-refractivity contribution in [2.75, 3.05) is 12.4 Å². The van der Waals surface area contributed by atoms with Gasteiger partial charge in [-0.3, -0.25) is 4.79 Å². The number of hydrogen-bond acceptors (Lipinski definition) is 4. The molecule has 2 aromatic heterocycles. The molecule has 7 heteroatoms. The molecule has 0 saturated carbocycles. The minimum absolute atomic E-state index is 0.313. The van der Waals surface area contributed by atoms with Gasteiger partial charge in [-0.2, -0.15) is 0 Å². The smallest absolute Gasteiger partial charge is 0.337 e. The summed E-state index contributed by atoms with van der Waals surface area (Å²) in [6, 6.07) is 16.6. The Kier molecular flexibility index (Phi) is 5.14. The number of aromatic nitrogens is 1. The highest BCUT2D eigenvalue weighted by atomic mass is 32.1. The van der Waals surface area contributed by atoms with Crippen LogP contribution in [0.2, 0.25) is 0 Å². The van der Waals surface area contributed by atoms with E-state index in [0.29, 0.717) is 23.5 Å². The molecule has 4 aromatic rings. The largest absolute Gasteiger partial charge is 0.465 e. The van der Waals surface area contributed by atoms with E-state index in [4.69, 9.17) is 4.74 Å². The third-order valence-electron chi connectivity index (χ3n) is 4.53. The summed E-state index contributed by atoms with van der Waals surface area (Å²) in [7, 11) is 1.31. The number of esters is 1. The molecule has 0 aliphatic heterocycles. The molecular weight excluding hydrogens is 391 g/mol. The minimum atomic E-state index is -0.476. The van der Waals surface area contributed by atoms with Gasteiger partial charge in [-0.15, -0.1) is 11.3 Å². The second kappa shape index (κ2) is 7.89. The zero-order valence-electron chi connectivity index (χ0n) is 15.5. The average Bonchev–Trinajstić information content (AvgIpc) is 3.30. The fraction of sp³-hybridized carbons (Fsp3) is 0.0909. The Morgan fingerprint density at radius 2 is 1.93 bits per heavy atom. The molecular formula is C22H17FN2O3S. The number of anilines is 1. The van der Waals surface area contributed by atoms with Gasteiger partial charge in [0.25, 0.3) is 5.91 Å². The quantitative estimate of drug-likeness (QED) is 0.477. The molecule has 0 bridgehead atoms. The number of rotatable bonds is 5. The van der Waals surface area contributed by atoms with Crippen molar-refractivity contribution in [3.63, 3.8) is 0 Å². The van der Waals surface area contributed by atoms with Crippen LogP contribution in [0.4, 0.5) is 10.1 Å². The Hall–Kier alpha value is -3.45. The Morgan fingerprint density at radius 1 is 1.10 bits per heavy atom. The number of methoxy groups -OCH3 is 1. The van der Waals surface area contributed by atoms with Crippen LogP contribution in [0.15, 0.2) is 66.0 Å². The van der Waals surface area contributed by atoms with Crippen molar-refractivity contribution < 1.29 is 18.7 Å². The molecule has 146 valence electrons.